The first-order valence-corrected chi connectivity index (χ1v) is 0. The second-order valence-corrected chi connectivity index (χ2v) is 0. The Labute approximate surface area is 106 Å². The fraction of sp³-hybridized carbons (Fsp3) is 0. The van der Waals surface area contributed by atoms with Gasteiger partial charge in [-0.15, -0.1) is 0 Å². The summed E-state index contributed by atoms with van der Waals surface area (Å²) < 4.78 is 0. The molecule has 0 fully saturated rings. The molecule has 28 valence electrons. The second kappa shape index (κ2) is 26.2. The third-order valence-corrected chi connectivity index (χ3v) is 0. The van der Waals surface area contributed by atoms with Crippen molar-refractivity contribution in [2.45, 2.75) is 0 Å². The van der Waals surface area contributed by atoms with Gasteiger partial charge in [-0.1, -0.05) is 0 Å². The van der Waals surface area contributed by atoms with Crippen LogP contribution in [0.25, 0.3) is 0 Å². The molecule has 0 spiro atoms. The summed E-state index contributed by atoms with van der Waals surface area (Å²) in [4.78, 5) is 0. The van der Waals surface area contributed by atoms with Crippen molar-refractivity contribution in [2.75, 3.05) is 0 Å². The molecule has 0 amide bonds. The van der Waals surface area contributed by atoms with Crippen LogP contribution in [0.5, 0.6) is 0 Å². The Morgan fingerprint density at radius 3 is 1.20 bits per heavy atom. The summed E-state index contributed by atoms with van der Waals surface area (Å²) in [7, 11) is 0. The van der Waals surface area contributed by atoms with E-state index in [0.717, 1.165) is 0 Å². The van der Waals surface area contributed by atoms with Crippen molar-refractivity contribution < 1.29 is 20.3 Å². The van der Waals surface area contributed by atoms with E-state index in [-0.39, 0.29) is 108 Å². The molecular formula is H8BiLiPbSiTe. The van der Waals surface area contributed by atoms with Crippen molar-refractivity contribution in [2.24, 2.45) is 0 Å². The van der Waals surface area contributed by atoms with E-state index in [4.69, 9.17) is 0 Å². The zero-order valence-corrected chi connectivity index (χ0v) is 17.6. The Kier molecular flexibility index (Phi) is 208. The normalized spacial score (nSPS) is 0. The van der Waals surface area contributed by atoms with Crippen LogP contribution in [-0.2, 0) is 0 Å². The maximum atomic E-state index is 0. The molecule has 0 aromatic rings. The van der Waals surface area contributed by atoms with Crippen LogP contribution in [0, 0.1) is 0 Å². The topological polar surface area (TPSA) is 0 Å². The van der Waals surface area contributed by atoms with Crippen LogP contribution in [-0.4, -0.2) is 88.1 Å². The molecular weight excluding hydrogens is 579 g/mol. The van der Waals surface area contributed by atoms with Gasteiger partial charge in [-0.25, -0.2) is 0 Å². The third kappa shape index (κ3) is 18.7. The summed E-state index contributed by atoms with van der Waals surface area (Å²) in [6.45, 7) is 0. The second-order valence-electron chi connectivity index (χ2n) is 0. The van der Waals surface area contributed by atoms with Crippen molar-refractivity contribution in [1.29, 1.82) is 0 Å². The Balaban J connectivity index is 0. The van der Waals surface area contributed by atoms with Crippen molar-refractivity contribution in [3.8, 4) is 0 Å². The molecule has 0 saturated carbocycles. The molecule has 0 saturated heterocycles. The van der Waals surface area contributed by atoms with Crippen molar-refractivity contribution in [3.63, 3.8) is 0 Å². The average Bonchev–Trinajstić information content (AvgIpc) is 0. The van der Waals surface area contributed by atoms with Gasteiger partial charge in [-0.2, -0.15) is 0 Å². The van der Waals surface area contributed by atoms with Gasteiger partial charge in [0.05, 0.1) is 0 Å². The maximum absolute atomic E-state index is 0. The minimum atomic E-state index is 0. The van der Waals surface area contributed by atoms with E-state index in [1.165, 1.54) is 0 Å². The van der Waals surface area contributed by atoms with Crippen LogP contribution in [0.1, 0.15) is 1.43 Å². The van der Waals surface area contributed by atoms with Gasteiger partial charge >= 0.3 is 96.0 Å². The van der Waals surface area contributed by atoms with Crippen LogP contribution in [0.4, 0.5) is 0 Å². The molecule has 0 aliphatic carbocycles. The summed E-state index contributed by atoms with van der Waals surface area (Å²) >= 11 is 0. The van der Waals surface area contributed by atoms with Gasteiger partial charge < -0.3 is 1.43 Å². The van der Waals surface area contributed by atoms with Crippen LogP contribution in [0.15, 0.2) is 0 Å². The van der Waals surface area contributed by atoms with E-state index in [1.807, 2.05) is 0 Å². The molecule has 5 heavy (non-hydrogen) atoms. The molecule has 0 unspecified atom stereocenters. The van der Waals surface area contributed by atoms with Gasteiger partial charge in [0.15, 0.2) is 0 Å². The van der Waals surface area contributed by atoms with E-state index < -0.39 is 0 Å². The van der Waals surface area contributed by atoms with Crippen molar-refractivity contribution in [1.82, 2.24) is 0 Å². The van der Waals surface area contributed by atoms with E-state index in [1.54, 1.807) is 0 Å². The van der Waals surface area contributed by atoms with Gasteiger partial charge in [0.1, 0.15) is 0 Å². The molecule has 0 nitrogen and oxygen atoms in total. The van der Waals surface area contributed by atoms with Gasteiger partial charge in [0, 0.05) is 0 Å². The molecule has 5 heteroatoms. The zero-order valence-electron chi connectivity index (χ0n) is 4.65. The predicted molar refractivity (Wildman–Crippen MR) is 33.9 cm³/mol. The van der Waals surface area contributed by atoms with Crippen molar-refractivity contribution >= 4 is 88.1 Å². The third-order valence-electron chi connectivity index (χ3n) is 0. The monoisotopic (exact) mass is 590 g/mol. The SMILES string of the molecule is [BiH].[H-].[Li+].[PbH2].[SiH3].[TeH]. The fourth-order valence-electron chi connectivity index (χ4n) is 0. The summed E-state index contributed by atoms with van der Waals surface area (Å²) in [6.07, 6.45) is 0. The molecule has 6 radical (unpaired) electrons. The first kappa shape index (κ1) is 39.7. The standard InChI is InChI=1S/Bi.Li.Pb.H3Si.HTe.4H/h;;;1H3;1H;;;;/q;+1;;;;;;;-1. The van der Waals surface area contributed by atoms with Gasteiger partial charge in [-0.3, -0.25) is 0 Å². The van der Waals surface area contributed by atoms with Crippen molar-refractivity contribution in [3.05, 3.63) is 0 Å². The van der Waals surface area contributed by atoms with E-state index in [9.17, 15) is 0 Å². The number of hydrogen-bond donors (Lipinski definition) is 0. The number of hydrogen-bond acceptors (Lipinski definition) is 0. The molecule has 0 bridgehead atoms. The molecule has 0 aliphatic heterocycles. The summed E-state index contributed by atoms with van der Waals surface area (Å²) in [5, 5.41) is 0. The molecule has 0 heterocycles. The van der Waals surface area contributed by atoms with Crippen LogP contribution in [0.3, 0.4) is 0 Å². The molecule has 0 aromatic carbocycles. The first-order valence-electron chi connectivity index (χ1n) is 0. The molecule has 0 aromatic heterocycles. The Morgan fingerprint density at radius 2 is 1.20 bits per heavy atom. The summed E-state index contributed by atoms with van der Waals surface area (Å²) in [5.74, 6) is 0. The quantitative estimate of drug-likeness (QED) is 0.248. The Morgan fingerprint density at radius 1 is 1.20 bits per heavy atom. The van der Waals surface area contributed by atoms with Gasteiger partial charge in [0.25, 0.3) is 0 Å². The number of rotatable bonds is 0. The van der Waals surface area contributed by atoms with Crippen LogP contribution < -0.4 is 18.9 Å². The minimum absolute atomic E-state index is 0. The zero-order chi connectivity index (χ0) is 0. The van der Waals surface area contributed by atoms with E-state index >= 15 is 0 Å². The Bertz CT molecular complexity index is 15.5. The van der Waals surface area contributed by atoms with E-state index in [0.29, 0.717) is 0 Å². The molecule has 0 atom stereocenters. The van der Waals surface area contributed by atoms with E-state index in [2.05, 4.69) is 0 Å². The Hall–Kier alpha value is 3.41. The van der Waals surface area contributed by atoms with Gasteiger partial charge in [-0.05, 0) is 11.0 Å². The molecule has 0 rings (SSSR count). The molecule has 0 N–H and O–H groups in total. The summed E-state index contributed by atoms with van der Waals surface area (Å²) in [6, 6.07) is 0. The van der Waals surface area contributed by atoms with Crippen LogP contribution >= 0.6 is 0 Å². The predicted octanol–water partition coefficient (Wildman–Crippen LogP) is -6.28. The van der Waals surface area contributed by atoms with Crippen LogP contribution in [0.2, 0.25) is 0 Å². The first-order chi connectivity index (χ1) is 0. The summed E-state index contributed by atoms with van der Waals surface area (Å²) in [5.41, 5.74) is 0. The molecule has 0 aliphatic rings. The van der Waals surface area contributed by atoms with Gasteiger partial charge in [0.2, 0.25) is 0 Å². The average molecular weight is 587 g/mol. The fourth-order valence-corrected chi connectivity index (χ4v) is 0.